The number of benzene rings is 2. The van der Waals surface area contributed by atoms with E-state index in [0.29, 0.717) is 5.92 Å². The summed E-state index contributed by atoms with van der Waals surface area (Å²) >= 11 is 6.07. The minimum absolute atomic E-state index is 0.435. The van der Waals surface area contributed by atoms with Crippen LogP contribution in [0.3, 0.4) is 0 Å². The Balaban J connectivity index is 1.80. The zero-order valence-corrected chi connectivity index (χ0v) is 14.8. The van der Waals surface area contributed by atoms with Gasteiger partial charge in [0, 0.05) is 28.5 Å². The largest absolute Gasteiger partial charge is 0.321 e. The second-order valence-corrected chi connectivity index (χ2v) is 7.18. The van der Waals surface area contributed by atoms with E-state index in [1.165, 1.54) is 41.8 Å². The van der Waals surface area contributed by atoms with Gasteiger partial charge in [-0.1, -0.05) is 41.9 Å². The molecule has 0 saturated heterocycles. The fourth-order valence-electron chi connectivity index (χ4n) is 4.07. The van der Waals surface area contributed by atoms with Crippen molar-refractivity contribution in [3.05, 3.63) is 88.2 Å². The molecule has 0 aromatic heterocycles. The summed E-state index contributed by atoms with van der Waals surface area (Å²) < 4.78 is 0. The topological polar surface area (TPSA) is 3.24 Å². The van der Waals surface area contributed by atoms with Gasteiger partial charge in [0.15, 0.2) is 0 Å². The van der Waals surface area contributed by atoms with E-state index in [1.54, 1.807) is 5.57 Å². The Labute approximate surface area is 149 Å². The van der Waals surface area contributed by atoms with E-state index in [2.05, 4.69) is 60.5 Å². The summed E-state index contributed by atoms with van der Waals surface area (Å²) in [5.41, 5.74) is 7.12. The second kappa shape index (κ2) is 6.49. The van der Waals surface area contributed by atoms with Gasteiger partial charge in [-0.25, -0.2) is 0 Å². The monoisotopic (exact) mass is 335 g/mol. The van der Waals surface area contributed by atoms with Crippen LogP contribution in [0.25, 0.3) is 0 Å². The van der Waals surface area contributed by atoms with Crippen molar-refractivity contribution in [2.24, 2.45) is 0 Å². The van der Waals surface area contributed by atoms with Crippen LogP contribution in [0.5, 0.6) is 0 Å². The molecular formula is C22H22ClN. The maximum Gasteiger partial charge on any atom is 0.0453 e. The molecule has 2 aromatic rings. The van der Waals surface area contributed by atoms with Crippen LogP contribution in [0, 0.1) is 0 Å². The lowest BCUT2D eigenvalue weighted by molar-refractivity contribution is 0.616. The van der Waals surface area contributed by atoms with E-state index in [9.17, 15) is 0 Å². The Hall–Kier alpha value is -1.99. The van der Waals surface area contributed by atoms with Crippen molar-refractivity contribution in [1.29, 1.82) is 0 Å². The Morgan fingerprint density at radius 2 is 1.62 bits per heavy atom. The lowest BCUT2D eigenvalue weighted by Crippen LogP contribution is -2.27. The van der Waals surface area contributed by atoms with Crippen LogP contribution in [0.2, 0.25) is 5.02 Å². The molecule has 122 valence electrons. The van der Waals surface area contributed by atoms with Gasteiger partial charge in [0.25, 0.3) is 0 Å². The molecule has 1 aliphatic carbocycles. The zero-order chi connectivity index (χ0) is 16.5. The average Bonchev–Trinajstić information content (AvgIpc) is 2.62. The zero-order valence-electron chi connectivity index (χ0n) is 14.0. The average molecular weight is 336 g/mol. The SMILES string of the molecule is CC1=CN(c2ccc(Cl)cc2)C2=C(CCCC2)C1c1ccccc1. The van der Waals surface area contributed by atoms with Crippen LogP contribution in [0.1, 0.15) is 44.1 Å². The number of hydrogen-bond acceptors (Lipinski definition) is 1. The Morgan fingerprint density at radius 1 is 0.917 bits per heavy atom. The molecule has 1 nitrogen and oxygen atoms in total. The third kappa shape index (κ3) is 2.78. The van der Waals surface area contributed by atoms with Crippen molar-refractivity contribution >= 4 is 17.3 Å². The highest BCUT2D eigenvalue weighted by Gasteiger charge is 2.30. The van der Waals surface area contributed by atoms with Crippen LogP contribution in [-0.2, 0) is 0 Å². The molecule has 0 saturated carbocycles. The third-order valence-electron chi connectivity index (χ3n) is 5.15. The molecule has 0 N–H and O–H groups in total. The smallest absolute Gasteiger partial charge is 0.0453 e. The second-order valence-electron chi connectivity index (χ2n) is 6.74. The summed E-state index contributed by atoms with van der Waals surface area (Å²) in [6.45, 7) is 2.26. The van der Waals surface area contributed by atoms with Crippen LogP contribution >= 0.6 is 11.6 Å². The first kappa shape index (κ1) is 15.5. The summed E-state index contributed by atoms with van der Waals surface area (Å²) in [6.07, 6.45) is 7.25. The predicted molar refractivity (Wildman–Crippen MR) is 102 cm³/mol. The van der Waals surface area contributed by atoms with Gasteiger partial charge in [-0.05, 0) is 73.6 Å². The number of halogens is 1. The molecule has 24 heavy (non-hydrogen) atoms. The molecule has 2 aliphatic rings. The van der Waals surface area contributed by atoms with Crippen molar-refractivity contribution < 1.29 is 0 Å². The van der Waals surface area contributed by atoms with Crippen LogP contribution < -0.4 is 4.90 Å². The molecule has 0 amide bonds. The summed E-state index contributed by atoms with van der Waals surface area (Å²) in [6, 6.07) is 19.1. The molecule has 1 atom stereocenters. The number of nitrogens with zero attached hydrogens (tertiary/aromatic N) is 1. The Morgan fingerprint density at radius 3 is 2.38 bits per heavy atom. The third-order valence-corrected chi connectivity index (χ3v) is 5.40. The van der Waals surface area contributed by atoms with Crippen molar-refractivity contribution in [2.75, 3.05) is 4.90 Å². The summed E-state index contributed by atoms with van der Waals surface area (Å²) in [4.78, 5) is 2.39. The Kier molecular flexibility index (Phi) is 4.20. The van der Waals surface area contributed by atoms with Gasteiger partial charge in [-0.15, -0.1) is 0 Å². The van der Waals surface area contributed by atoms with Gasteiger partial charge >= 0.3 is 0 Å². The van der Waals surface area contributed by atoms with E-state index >= 15 is 0 Å². The first-order valence-corrected chi connectivity index (χ1v) is 9.12. The van der Waals surface area contributed by atoms with Crippen LogP contribution in [-0.4, -0.2) is 0 Å². The van der Waals surface area contributed by atoms with E-state index in [1.807, 2.05) is 12.1 Å². The minimum Gasteiger partial charge on any atom is -0.321 e. The van der Waals surface area contributed by atoms with Crippen molar-refractivity contribution in [3.8, 4) is 0 Å². The molecule has 0 spiro atoms. The minimum atomic E-state index is 0.435. The van der Waals surface area contributed by atoms with Gasteiger partial charge in [-0.2, -0.15) is 0 Å². The summed E-state index contributed by atoms with van der Waals surface area (Å²) in [7, 11) is 0. The number of rotatable bonds is 2. The fraction of sp³-hybridized carbons (Fsp3) is 0.273. The lowest BCUT2D eigenvalue weighted by Gasteiger charge is -2.39. The normalized spacial score (nSPS) is 20.7. The first-order chi connectivity index (χ1) is 11.7. The van der Waals surface area contributed by atoms with E-state index in [0.717, 1.165) is 11.4 Å². The molecule has 0 bridgehead atoms. The summed E-state index contributed by atoms with van der Waals surface area (Å²) in [5, 5.41) is 0.788. The van der Waals surface area contributed by atoms with Crippen molar-refractivity contribution in [3.63, 3.8) is 0 Å². The number of hydrogen-bond donors (Lipinski definition) is 0. The number of anilines is 1. The van der Waals surface area contributed by atoms with Gasteiger partial charge in [-0.3, -0.25) is 0 Å². The molecule has 4 rings (SSSR count). The first-order valence-electron chi connectivity index (χ1n) is 8.74. The maximum atomic E-state index is 6.07. The highest BCUT2D eigenvalue weighted by Crippen LogP contribution is 2.45. The van der Waals surface area contributed by atoms with Crippen molar-refractivity contribution in [2.45, 2.75) is 38.5 Å². The molecule has 1 heterocycles. The quantitative estimate of drug-likeness (QED) is 0.592. The predicted octanol–water partition coefficient (Wildman–Crippen LogP) is 6.68. The number of allylic oxidation sites excluding steroid dienone is 3. The highest BCUT2D eigenvalue weighted by molar-refractivity contribution is 6.30. The summed E-state index contributed by atoms with van der Waals surface area (Å²) in [5.74, 6) is 0.435. The lowest BCUT2D eigenvalue weighted by atomic mass is 9.77. The molecule has 2 aromatic carbocycles. The standard InChI is InChI=1S/C22H22ClN/c1-16-15-24(19-13-11-18(23)12-14-19)21-10-6-5-9-20(21)22(16)17-7-3-2-4-8-17/h2-4,7-8,11-15,22H,5-6,9-10H2,1H3. The van der Waals surface area contributed by atoms with E-state index < -0.39 is 0 Å². The maximum absolute atomic E-state index is 6.07. The molecule has 2 heteroatoms. The van der Waals surface area contributed by atoms with E-state index in [4.69, 9.17) is 11.6 Å². The van der Waals surface area contributed by atoms with Crippen LogP contribution in [0.4, 0.5) is 5.69 Å². The van der Waals surface area contributed by atoms with Crippen LogP contribution in [0.15, 0.2) is 77.6 Å². The molecule has 0 fully saturated rings. The Bertz CT molecular complexity index is 786. The van der Waals surface area contributed by atoms with E-state index in [-0.39, 0.29) is 0 Å². The van der Waals surface area contributed by atoms with Gasteiger partial charge in [0.2, 0.25) is 0 Å². The van der Waals surface area contributed by atoms with Crippen molar-refractivity contribution in [1.82, 2.24) is 0 Å². The fourth-order valence-corrected chi connectivity index (χ4v) is 4.20. The highest BCUT2D eigenvalue weighted by atomic mass is 35.5. The van der Waals surface area contributed by atoms with Gasteiger partial charge in [0.05, 0.1) is 0 Å². The van der Waals surface area contributed by atoms with Gasteiger partial charge < -0.3 is 4.90 Å². The van der Waals surface area contributed by atoms with Gasteiger partial charge in [0.1, 0.15) is 0 Å². The molecular weight excluding hydrogens is 314 g/mol. The molecule has 0 radical (unpaired) electrons. The molecule has 1 aliphatic heterocycles. The molecule has 1 unspecified atom stereocenters.